The molecule has 9 nitrogen and oxygen atoms in total. The largest absolute Gasteiger partial charge is 0.326 e. The van der Waals surface area contributed by atoms with Crippen molar-refractivity contribution in [2.24, 2.45) is 13.0 Å². The van der Waals surface area contributed by atoms with Crippen LogP contribution in [0.15, 0.2) is 47.3 Å². The fraction of sp³-hybridized carbons (Fsp3) is 0.409. The van der Waals surface area contributed by atoms with Gasteiger partial charge in [0.05, 0.1) is 7.05 Å². The minimum Gasteiger partial charge on any atom is -0.326 e. The third-order valence-corrected chi connectivity index (χ3v) is 6.15. The third kappa shape index (κ3) is 4.13. The number of benzene rings is 1. The van der Waals surface area contributed by atoms with Crippen LogP contribution in [0, 0.1) is 5.92 Å². The highest BCUT2D eigenvalue weighted by atomic mass is 16.1. The van der Waals surface area contributed by atoms with E-state index >= 15 is 0 Å². The molecule has 31 heavy (non-hydrogen) atoms. The number of anilines is 1. The lowest BCUT2D eigenvalue weighted by molar-refractivity contribution is -0.116. The van der Waals surface area contributed by atoms with Crippen molar-refractivity contribution < 1.29 is 4.79 Å². The summed E-state index contributed by atoms with van der Waals surface area (Å²) in [5.74, 6) is 1.39. The molecule has 1 saturated heterocycles. The van der Waals surface area contributed by atoms with Crippen molar-refractivity contribution in [2.45, 2.75) is 25.3 Å². The van der Waals surface area contributed by atoms with Gasteiger partial charge in [-0.2, -0.15) is 4.80 Å². The lowest BCUT2D eigenvalue weighted by Crippen LogP contribution is -2.47. The zero-order valence-corrected chi connectivity index (χ0v) is 17.4. The molecule has 2 aliphatic rings. The first-order valence-corrected chi connectivity index (χ1v) is 10.6. The minimum atomic E-state index is -0.00210. The van der Waals surface area contributed by atoms with Gasteiger partial charge < -0.3 is 14.8 Å². The van der Waals surface area contributed by atoms with Crippen LogP contribution in [0.3, 0.4) is 0 Å². The summed E-state index contributed by atoms with van der Waals surface area (Å²) >= 11 is 0. The molecule has 0 radical (unpaired) electrons. The van der Waals surface area contributed by atoms with Gasteiger partial charge in [0.25, 0.3) is 5.56 Å². The Bertz CT molecular complexity index is 1150. The topological polar surface area (TPSA) is 97.9 Å². The first kappa shape index (κ1) is 19.6. The highest BCUT2D eigenvalue weighted by molar-refractivity contribution is 5.91. The summed E-state index contributed by atoms with van der Waals surface area (Å²) in [5.41, 5.74) is 2.84. The molecule has 9 heteroatoms. The van der Waals surface area contributed by atoms with E-state index < -0.39 is 0 Å². The molecule has 160 valence electrons. The lowest BCUT2D eigenvalue weighted by Gasteiger charge is -2.42. The van der Waals surface area contributed by atoms with Crippen molar-refractivity contribution >= 4 is 11.6 Å². The fourth-order valence-corrected chi connectivity index (χ4v) is 4.76. The quantitative estimate of drug-likeness (QED) is 0.673. The van der Waals surface area contributed by atoms with Crippen molar-refractivity contribution in [3.63, 3.8) is 0 Å². The van der Waals surface area contributed by atoms with E-state index in [1.54, 1.807) is 13.1 Å². The molecule has 2 bridgehead atoms. The maximum absolute atomic E-state index is 12.5. The van der Waals surface area contributed by atoms with E-state index in [2.05, 4.69) is 31.7 Å². The average molecular weight is 419 g/mol. The van der Waals surface area contributed by atoms with E-state index in [0.29, 0.717) is 24.1 Å². The third-order valence-electron chi connectivity index (χ3n) is 6.15. The first-order valence-electron chi connectivity index (χ1n) is 10.6. The number of fused-ring (bicyclic) bond motifs is 4. The van der Waals surface area contributed by atoms with Crippen LogP contribution in [0.5, 0.6) is 0 Å². The molecule has 1 N–H and O–H groups in total. The number of likely N-dealkylation sites (tertiary alicyclic amines) is 1. The zero-order chi connectivity index (χ0) is 21.4. The van der Waals surface area contributed by atoms with Crippen LogP contribution in [0.1, 0.15) is 24.5 Å². The van der Waals surface area contributed by atoms with Gasteiger partial charge in [0, 0.05) is 61.5 Å². The van der Waals surface area contributed by atoms with Crippen molar-refractivity contribution in [1.82, 2.24) is 29.7 Å². The highest BCUT2D eigenvalue weighted by Gasteiger charge is 2.34. The number of rotatable bonds is 5. The van der Waals surface area contributed by atoms with Crippen LogP contribution < -0.4 is 10.9 Å². The van der Waals surface area contributed by atoms with Gasteiger partial charge in [-0.25, -0.2) is 0 Å². The summed E-state index contributed by atoms with van der Waals surface area (Å²) in [7, 11) is 1.72. The zero-order valence-electron chi connectivity index (χ0n) is 17.4. The Labute approximate surface area is 179 Å². The second-order valence-corrected chi connectivity index (χ2v) is 8.44. The number of hydrogen-bond donors (Lipinski definition) is 1. The molecule has 0 spiro atoms. The molecule has 0 unspecified atom stereocenters. The number of amides is 1. The molecule has 2 atom stereocenters. The van der Waals surface area contributed by atoms with Crippen molar-refractivity contribution in [3.05, 3.63) is 58.5 Å². The summed E-state index contributed by atoms with van der Waals surface area (Å²) < 4.78 is 1.93. The van der Waals surface area contributed by atoms with Crippen LogP contribution >= 0.6 is 0 Å². The summed E-state index contributed by atoms with van der Waals surface area (Å²) in [6.07, 6.45) is 1.56. The molecule has 2 aromatic heterocycles. The van der Waals surface area contributed by atoms with Gasteiger partial charge in [-0.3, -0.25) is 9.59 Å². The molecule has 1 aromatic carbocycles. The Hall–Kier alpha value is -3.33. The van der Waals surface area contributed by atoms with Gasteiger partial charge in [0.1, 0.15) is 0 Å². The minimum absolute atomic E-state index is 0.00210. The smallest absolute Gasteiger partial charge is 0.250 e. The predicted molar refractivity (Wildman–Crippen MR) is 115 cm³/mol. The standard InChI is InChI=1S/C22H25N7O2/c1-27-25-22(24-26-27)16-5-7-18(8-6-16)23-20(30)9-10-28-12-15-11-17(14-28)19-3-2-4-21(31)29(19)13-15/h2-8,15,17H,9-14H2,1H3,(H,23,30)/t15-,17+/m1/s1. The number of aromatic nitrogens is 5. The number of tetrazole rings is 1. The number of hydrogen-bond acceptors (Lipinski definition) is 6. The van der Waals surface area contributed by atoms with Crippen LogP contribution in [-0.2, 0) is 18.4 Å². The van der Waals surface area contributed by atoms with Crippen molar-refractivity contribution in [1.29, 1.82) is 0 Å². The molecule has 0 saturated carbocycles. The average Bonchev–Trinajstić information content (AvgIpc) is 3.20. The number of carbonyl (C=O) groups is 1. The van der Waals surface area contributed by atoms with Crippen LogP contribution in [0.4, 0.5) is 5.69 Å². The number of nitrogens with one attached hydrogen (secondary N) is 1. The number of carbonyl (C=O) groups excluding carboxylic acids is 1. The molecule has 4 heterocycles. The molecule has 2 aliphatic heterocycles. The van der Waals surface area contributed by atoms with E-state index in [-0.39, 0.29) is 11.5 Å². The number of pyridine rings is 1. The SMILES string of the molecule is Cn1nnc(-c2ccc(NC(=O)CCN3C[C@H]4C[C@@H](C3)c3cccc(=O)n3C4)cc2)n1. The molecule has 5 rings (SSSR count). The summed E-state index contributed by atoms with van der Waals surface area (Å²) in [6, 6.07) is 13.0. The van der Waals surface area contributed by atoms with Crippen LogP contribution in [0.25, 0.3) is 11.4 Å². The fourth-order valence-electron chi connectivity index (χ4n) is 4.76. The van der Waals surface area contributed by atoms with Crippen molar-refractivity contribution in [3.8, 4) is 11.4 Å². The first-order chi connectivity index (χ1) is 15.0. The Kier molecular flexibility index (Phi) is 5.11. The van der Waals surface area contributed by atoms with E-state index in [9.17, 15) is 9.59 Å². The maximum atomic E-state index is 12.5. The van der Waals surface area contributed by atoms with E-state index in [1.807, 2.05) is 34.9 Å². The molecule has 1 amide bonds. The Balaban J connectivity index is 1.16. The Morgan fingerprint density at radius 3 is 2.74 bits per heavy atom. The molecule has 0 aliphatic carbocycles. The highest BCUT2D eigenvalue weighted by Crippen LogP contribution is 2.34. The summed E-state index contributed by atoms with van der Waals surface area (Å²) in [6.45, 7) is 3.33. The van der Waals surface area contributed by atoms with Gasteiger partial charge >= 0.3 is 0 Å². The van der Waals surface area contributed by atoms with Gasteiger partial charge in [0.2, 0.25) is 11.7 Å². The van der Waals surface area contributed by atoms with Gasteiger partial charge in [-0.1, -0.05) is 6.07 Å². The number of piperidine rings is 1. The van der Waals surface area contributed by atoms with Gasteiger partial charge in [-0.15, -0.1) is 10.2 Å². The van der Waals surface area contributed by atoms with E-state index in [1.165, 1.54) is 4.80 Å². The Morgan fingerprint density at radius 2 is 1.97 bits per heavy atom. The predicted octanol–water partition coefficient (Wildman–Crippen LogP) is 1.49. The number of nitrogens with zero attached hydrogens (tertiary/aromatic N) is 6. The second-order valence-electron chi connectivity index (χ2n) is 8.44. The summed E-state index contributed by atoms with van der Waals surface area (Å²) in [4.78, 5) is 28.4. The van der Waals surface area contributed by atoms with Crippen LogP contribution in [0.2, 0.25) is 0 Å². The lowest BCUT2D eigenvalue weighted by atomic mass is 9.83. The van der Waals surface area contributed by atoms with Gasteiger partial charge in [-0.05, 0) is 47.9 Å². The van der Waals surface area contributed by atoms with E-state index in [4.69, 9.17) is 0 Å². The second kappa shape index (κ2) is 8.07. The molecular formula is C22H25N7O2. The van der Waals surface area contributed by atoms with Crippen molar-refractivity contribution in [2.75, 3.05) is 25.0 Å². The Morgan fingerprint density at radius 1 is 1.13 bits per heavy atom. The normalized spacial score (nSPS) is 20.3. The van der Waals surface area contributed by atoms with Gasteiger partial charge in [0.15, 0.2) is 0 Å². The molecule has 1 fully saturated rings. The number of aryl methyl sites for hydroxylation is 1. The van der Waals surface area contributed by atoms with Crippen LogP contribution in [-0.4, -0.2) is 55.2 Å². The molecular weight excluding hydrogens is 394 g/mol. The monoisotopic (exact) mass is 419 g/mol. The van der Waals surface area contributed by atoms with E-state index in [0.717, 1.165) is 49.5 Å². The maximum Gasteiger partial charge on any atom is 0.250 e. The molecule has 3 aromatic rings. The summed E-state index contributed by atoms with van der Waals surface area (Å²) in [5, 5.41) is 15.0.